The third kappa shape index (κ3) is 3.29. The SMILES string of the molecule is COC(=O)c1[nH]c(C)cc1NC(=O)C1=CCCCCC1. The molecule has 0 spiro atoms. The van der Waals surface area contributed by atoms with E-state index >= 15 is 0 Å². The third-order valence-corrected chi connectivity index (χ3v) is 3.42. The maximum Gasteiger partial charge on any atom is 0.356 e. The molecule has 1 aliphatic rings. The first-order chi connectivity index (χ1) is 9.61. The average molecular weight is 276 g/mol. The van der Waals surface area contributed by atoms with Crippen LogP contribution < -0.4 is 5.32 Å². The van der Waals surface area contributed by atoms with Gasteiger partial charge in [0.1, 0.15) is 5.69 Å². The number of esters is 1. The number of methoxy groups -OCH3 is 1. The van der Waals surface area contributed by atoms with Gasteiger partial charge in [-0.1, -0.05) is 12.5 Å². The Labute approximate surface area is 118 Å². The van der Waals surface area contributed by atoms with Gasteiger partial charge in [-0.2, -0.15) is 0 Å². The summed E-state index contributed by atoms with van der Waals surface area (Å²) in [5.74, 6) is -0.612. The number of ether oxygens (including phenoxy) is 1. The molecule has 1 aliphatic carbocycles. The summed E-state index contributed by atoms with van der Waals surface area (Å²) in [6.07, 6.45) is 7.06. The molecule has 0 saturated heterocycles. The Bertz CT molecular complexity index is 543. The summed E-state index contributed by atoms with van der Waals surface area (Å²) in [7, 11) is 1.32. The van der Waals surface area contributed by atoms with Gasteiger partial charge >= 0.3 is 5.97 Å². The zero-order chi connectivity index (χ0) is 14.5. The zero-order valence-corrected chi connectivity index (χ0v) is 11.9. The van der Waals surface area contributed by atoms with Crippen molar-refractivity contribution < 1.29 is 14.3 Å². The normalized spacial score (nSPS) is 15.2. The average Bonchev–Trinajstić information content (AvgIpc) is 2.67. The van der Waals surface area contributed by atoms with Crippen molar-refractivity contribution >= 4 is 17.6 Å². The molecular weight excluding hydrogens is 256 g/mol. The number of amides is 1. The topological polar surface area (TPSA) is 71.2 Å². The van der Waals surface area contributed by atoms with Gasteiger partial charge in [-0.05, 0) is 38.7 Å². The summed E-state index contributed by atoms with van der Waals surface area (Å²) in [5.41, 5.74) is 2.37. The Hall–Kier alpha value is -2.04. The van der Waals surface area contributed by atoms with Crippen molar-refractivity contribution in [3.63, 3.8) is 0 Å². The fourth-order valence-corrected chi connectivity index (χ4v) is 2.37. The van der Waals surface area contributed by atoms with Crippen molar-refractivity contribution in [1.29, 1.82) is 0 Å². The first-order valence-electron chi connectivity index (χ1n) is 6.90. The lowest BCUT2D eigenvalue weighted by molar-refractivity contribution is -0.113. The molecule has 1 aromatic rings. The molecule has 0 saturated carbocycles. The second-order valence-electron chi connectivity index (χ2n) is 5.02. The summed E-state index contributed by atoms with van der Waals surface area (Å²) in [6, 6.07) is 1.74. The van der Waals surface area contributed by atoms with Crippen LogP contribution in [0.5, 0.6) is 0 Å². The van der Waals surface area contributed by atoms with E-state index < -0.39 is 5.97 Å². The molecule has 0 atom stereocenters. The van der Waals surface area contributed by atoms with Crippen LogP contribution in [-0.4, -0.2) is 24.0 Å². The Morgan fingerprint density at radius 1 is 1.30 bits per heavy atom. The molecule has 20 heavy (non-hydrogen) atoms. The lowest BCUT2D eigenvalue weighted by atomic mass is 10.1. The summed E-state index contributed by atoms with van der Waals surface area (Å²) < 4.78 is 4.70. The highest BCUT2D eigenvalue weighted by Gasteiger charge is 2.18. The van der Waals surface area contributed by atoms with E-state index in [0.717, 1.165) is 43.4 Å². The number of nitrogens with one attached hydrogen (secondary N) is 2. The van der Waals surface area contributed by atoms with Crippen LogP contribution in [0.4, 0.5) is 5.69 Å². The summed E-state index contributed by atoms with van der Waals surface area (Å²) in [5, 5.41) is 2.80. The molecular formula is C15H20N2O3. The predicted molar refractivity (Wildman–Crippen MR) is 76.7 cm³/mol. The highest BCUT2D eigenvalue weighted by Crippen LogP contribution is 2.22. The molecule has 2 N–H and O–H groups in total. The number of aromatic amines is 1. The largest absolute Gasteiger partial charge is 0.464 e. The Balaban J connectivity index is 2.15. The number of aromatic nitrogens is 1. The molecule has 0 aliphatic heterocycles. The van der Waals surface area contributed by atoms with Gasteiger partial charge in [0.05, 0.1) is 12.8 Å². The second-order valence-corrected chi connectivity index (χ2v) is 5.02. The van der Waals surface area contributed by atoms with E-state index in [0.29, 0.717) is 5.69 Å². The van der Waals surface area contributed by atoms with E-state index in [-0.39, 0.29) is 11.6 Å². The number of anilines is 1. The second kappa shape index (κ2) is 6.41. The molecule has 1 amide bonds. The molecule has 0 aromatic carbocycles. The van der Waals surface area contributed by atoms with E-state index in [4.69, 9.17) is 4.74 Å². The fourth-order valence-electron chi connectivity index (χ4n) is 2.37. The van der Waals surface area contributed by atoms with Gasteiger partial charge in [0, 0.05) is 11.3 Å². The minimum atomic E-state index is -0.483. The molecule has 5 heteroatoms. The van der Waals surface area contributed by atoms with Crippen LogP contribution in [0.2, 0.25) is 0 Å². The maximum absolute atomic E-state index is 12.2. The van der Waals surface area contributed by atoms with Crippen molar-refractivity contribution in [2.45, 2.75) is 39.0 Å². The van der Waals surface area contributed by atoms with Crippen molar-refractivity contribution in [1.82, 2.24) is 4.98 Å². The minimum absolute atomic E-state index is 0.129. The molecule has 0 unspecified atom stereocenters. The number of carbonyl (C=O) groups is 2. The third-order valence-electron chi connectivity index (χ3n) is 3.42. The van der Waals surface area contributed by atoms with Crippen LogP contribution in [0, 0.1) is 6.92 Å². The van der Waals surface area contributed by atoms with Gasteiger partial charge < -0.3 is 15.0 Å². The molecule has 2 rings (SSSR count). The lowest BCUT2D eigenvalue weighted by Gasteiger charge is -2.07. The van der Waals surface area contributed by atoms with Crippen LogP contribution in [0.1, 0.15) is 48.3 Å². The molecule has 108 valence electrons. The van der Waals surface area contributed by atoms with Crippen molar-refractivity contribution in [3.8, 4) is 0 Å². The van der Waals surface area contributed by atoms with Gasteiger partial charge in [0.25, 0.3) is 5.91 Å². The minimum Gasteiger partial charge on any atom is -0.464 e. The quantitative estimate of drug-likeness (QED) is 0.834. The van der Waals surface area contributed by atoms with Crippen LogP contribution in [0.3, 0.4) is 0 Å². The molecule has 0 bridgehead atoms. The number of H-pyrrole nitrogens is 1. The number of hydrogen-bond acceptors (Lipinski definition) is 3. The van der Waals surface area contributed by atoms with Gasteiger partial charge in [-0.3, -0.25) is 4.79 Å². The predicted octanol–water partition coefficient (Wildman–Crippen LogP) is 2.94. The molecule has 5 nitrogen and oxygen atoms in total. The van der Waals surface area contributed by atoms with Gasteiger partial charge in [-0.25, -0.2) is 4.79 Å². The van der Waals surface area contributed by atoms with Crippen molar-refractivity contribution in [2.75, 3.05) is 12.4 Å². The van der Waals surface area contributed by atoms with Crippen LogP contribution >= 0.6 is 0 Å². The maximum atomic E-state index is 12.2. The van der Waals surface area contributed by atoms with E-state index in [1.165, 1.54) is 7.11 Å². The summed E-state index contributed by atoms with van der Waals surface area (Å²) in [6.45, 7) is 1.83. The summed E-state index contributed by atoms with van der Waals surface area (Å²) in [4.78, 5) is 26.8. The number of aryl methyl sites for hydroxylation is 1. The lowest BCUT2D eigenvalue weighted by Crippen LogP contribution is -2.16. The Morgan fingerprint density at radius 3 is 2.85 bits per heavy atom. The van der Waals surface area contributed by atoms with Crippen LogP contribution in [-0.2, 0) is 9.53 Å². The first kappa shape index (κ1) is 14.4. The first-order valence-corrected chi connectivity index (χ1v) is 6.90. The van der Waals surface area contributed by atoms with Gasteiger partial charge in [-0.15, -0.1) is 0 Å². The summed E-state index contributed by atoms with van der Waals surface area (Å²) >= 11 is 0. The smallest absolute Gasteiger partial charge is 0.356 e. The Morgan fingerprint density at radius 2 is 2.10 bits per heavy atom. The highest BCUT2D eigenvalue weighted by atomic mass is 16.5. The van der Waals surface area contributed by atoms with Crippen molar-refractivity contribution in [2.24, 2.45) is 0 Å². The van der Waals surface area contributed by atoms with Crippen LogP contribution in [0.15, 0.2) is 17.7 Å². The van der Waals surface area contributed by atoms with Crippen molar-refractivity contribution in [3.05, 3.63) is 29.1 Å². The molecule has 1 aromatic heterocycles. The standard InChI is InChI=1S/C15H20N2O3/c1-10-9-12(13(16-10)15(19)20-2)17-14(18)11-7-5-3-4-6-8-11/h7,9,16H,3-6,8H2,1-2H3,(H,17,18). The zero-order valence-electron chi connectivity index (χ0n) is 11.9. The Kier molecular flexibility index (Phi) is 4.61. The molecule has 0 fully saturated rings. The fraction of sp³-hybridized carbons (Fsp3) is 0.467. The van der Waals surface area contributed by atoms with Gasteiger partial charge in [0.15, 0.2) is 0 Å². The number of allylic oxidation sites excluding steroid dienone is 1. The van der Waals surface area contributed by atoms with E-state index in [1.54, 1.807) is 6.07 Å². The van der Waals surface area contributed by atoms with Gasteiger partial charge in [0.2, 0.25) is 0 Å². The number of carbonyl (C=O) groups excluding carboxylic acids is 2. The molecule has 1 heterocycles. The van der Waals surface area contributed by atoms with Crippen LogP contribution in [0.25, 0.3) is 0 Å². The highest BCUT2D eigenvalue weighted by molar-refractivity contribution is 6.07. The monoisotopic (exact) mass is 276 g/mol. The van der Waals surface area contributed by atoms with E-state index in [9.17, 15) is 9.59 Å². The number of rotatable bonds is 3. The molecule has 0 radical (unpaired) electrons. The van der Waals surface area contributed by atoms with E-state index in [1.807, 2.05) is 13.0 Å². The van der Waals surface area contributed by atoms with E-state index in [2.05, 4.69) is 10.3 Å². The number of hydrogen-bond donors (Lipinski definition) is 2.